The monoisotopic (exact) mass is 615 g/mol. The van der Waals surface area contributed by atoms with Gasteiger partial charge in [-0.3, -0.25) is 19.2 Å². The second-order valence-corrected chi connectivity index (χ2v) is 10.5. The van der Waals surface area contributed by atoms with E-state index < -0.39 is 60.7 Å². The molecule has 12 nitrogen and oxygen atoms in total. The van der Waals surface area contributed by atoms with Gasteiger partial charge in [-0.1, -0.05) is 12.1 Å². The molecule has 2 aromatic rings. The Hall–Kier alpha value is -4.12. The molecule has 0 bridgehead atoms. The standard InChI is InChI=1S/C30H33NO11S/c1-16(32)38-15-25-27(39-17(2)33)28(40-18(3)34)29(41-19(4)35)30(36,42-25)24-12-21(22(14-31)13-26(24)43-6)11-20-7-9-23(37-5)10-8-20/h7-10,12-13,25,27-29,36H,11,15H2,1-6H3/t25-,27-,28+,29-,30+/m1/s1. The number of carbonyl (C=O) groups excluding carboxylic acids is 4. The van der Waals surface area contributed by atoms with E-state index in [0.29, 0.717) is 21.8 Å². The Morgan fingerprint density at radius 2 is 1.56 bits per heavy atom. The number of rotatable bonds is 10. The zero-order valence-corrected chi connectivity index (χ0v) is 25.4. The van der Waals surface area contributed by atoms with Gasteiger partial charge in [-0.25, -0.2) is 0 Å². The van der Waals surface area contributed by atoms with Crippen LogP contribution in [0.25, 0.3) is 0 Å². The summed E-state index contributed by atoms with van der Waals surface area (Å²) >= 11 is 1.18. The highest BCUT2D eigenvalue weighted by molar-refractivity contribution is 7.98. The molecule has 0 radical (unpaired) electrons. The number of aliphatic hydroxyl groups is 1. The topological polar surface area (TPSA) is 168 Å². The minimum atomic E-state index is -2.53. The van der Waals surface area contributed by atoms with Gasteiger partial charge in [0.05, 0.1) is 18.7 Å². The summed E-state index contributed by atoms with van der Waals surface area (Å²) in [5, 5.41) is 22.3. The van der Waals surface area contributed by atoms with Gasteiger partial charge in [0.15, 0.2) is 12.2 Å². The van der Waals surface area contributed by atoms with Crippen molar-refractivity contribution in [2.45, 2.75) is 69.2 Å². The number of carbonyl (C=O) groups is 4. The second kappa shape index (κ2) is 14.4. The van der Waals surface area contributed by atoms with Crippen molar-refractivity contribution in [1.82, 2.24) is 0 Å². The average molecular weight is 616 g/mol. The number of benzene rings is 2. The number of nitriles is 1. The molecular weight excluding hydrogens is 582 g/mol. The third-order valence-corrected chi connectivity index (χ3v) is 7.32. The van der Waals surface area contributed by atoms with Crippen LogP contribution >= 0.6 is 11.8 Å². The third kappa shape index (κ3) is 8.04. The van der Waals surface area contributed by atoms with Gasteiger partial charge in [-0.2, -0.15) is 5.26 Å². The van der Waals surface area contributed by atoms with E-state index in [2.05, 4.69) is 6.07 Å². The minimum absolute atomic E-state index is 0.0833. The summed E-state index contributed by atoms with van der Waals surface area (Å²) in [5.41, 5.74) is 1.73. The van der Waals surface area contributed by atoms with E-state index in [4.69, 9.17) is 28.4 Å². The number of methoxy groups -OCH3 is 1. The van der Waals surface area contributed by atoms with Crippen LogP contribution in [-0.4, -0.2) is 73.4 Å². The molecule has 0 unspecified atom stereocenters. The first-order valence-electron chi connectivity index (χ1n) is 13.1. The SMILES string of the molecule is COc1ccc(Cc2cc([C@]3(O)O[C@H](COC(C)=O)[C@@H](OC(C)=O)[C@H](OC(C)=O)[C@H]3OC(C)=O)c(SC)cc2C#N)cc1. The van der Waals surface area contributed by atoms with Gasteiger partial charge in [0.1, 0.15) is 18.5 Å². The molecule has 5 atom stereocenters. The van der Waals surface area contributed by atoms with E-state index in [-0.39, 0.29) is 12.0 Å². The van der Waals surface area contributed by atoms with Crippen LogP contribution < -0.4 is 4.74 Å². The first kappa shape index (κ1) is 33.4. The Labute approximate surface area is 253 Å². The average Bonchev–Trinajstić information content (AvgIpc) is 2.95. The maximum atomic E-state index is 12.4. The fraction of sp³-hybridized carbons (Fsp3) is 0.433. The van der Waals surface area contributed by atoms with Crippen molar-refractivity contribution >= 4 is 35.6 Å². The van der Waals surface area contributed by atoms with Crippen molar-refractivity contribution in [3.63, 3.8) is 0 Å². The number of esters is 4. The van der Waals surface area contributed by atoms with Crippen LogP contribution in [0.3, 0.4) is 0 Å². The van der Waals surface area contributed by atoms with E-state index in [9.17, 15) is 29.5 Å². The van der Waals surface area contributed by atoms with Gasteiger partial charge < -0.3 is 33.5 Å². The van der Waals surface area contributed by atoms with Crippen molar-refractivity contribution in [3.05, 3.63) is 58.7 Å². The van der Waals surface area contributed by atoms with Crippen LogP contribution in [0.5, 0.6) is 5.75 Å². The molecule has 0 spiro atoms. The second-order valence-electron chi connectivity index (χ2n) is 9.68. The molecule has 0 amide bonds. The zero-order valence-electron chi connectivity index (χ0n) is 24.6. The first-order chi connectivity index (χ1) is 20.3. The molecule has 1 saturated heterocycles. The number of hydrogen-bond donors (Lipinski definition) is 1. The summed E-state index contributed by atoms with van der Waals surface area (Å²) in [6, 6.07) is 12.5. The highest BCUT2D eigenvalue weighted by Crippen LogP contribution is 2.44. The summed E-state index contributed by atoms with van der Waals surface area (Å²) in [4.78, 5) is 48.7. The van der Waals surface area contributed by atoms with Crippen molar-refractivity contribution in [2.75, 3.05) is 20.0 Å². The number of thioether (sulfide) groups is 1. The van der Waals surface area contributed by atoms with Crippen LogP contribution in [0.2, 0.25) is 0 Å². The molecule has 1 heterocycles. The fourth-order valence-electron chi connectivity index (χ4n) is 4.78. The van der Waals surface area contributed by atoms with Gasteiger partial charge in [0.2, 0.25) is 11.9 Å². The molecule has 43 heavy (non-hydrogen) atoms. The van der Waals surface area contributed by atoms with Gasteiger partial charge in [0.25, 0.3) is 0 Å². The maximum Gasteiger partial charge on any atom is 0.303 e. The van der Waals surface area contributed by atoms with E-state index in [1.807, 2.05) is 12.1 Å². The lowest BCUT2D eigenvalue weighted by Gasteiger charge is -2.49. The number of hydrogen-bond acceptors (Lipinski definition) is 13. The molecule has 1 N–H and O–H groups in total. The molecule has 0 saturated carbocycles. The lowest BCUT2D eigenvalue weighted by molar-refractivity contribution is -0.360. The summed E-state index contributed by atoms with van der Waals surface area (Å²) in [5.74, 6) is -5.06. The molecule has 3 rings (SSSR count). The van der Waals surface area contributed by atoms with Gasteiger partial charge in [0, 0.05) is 38.2 Å². The van der Waals surface area contributed by atoms with Crippen LogP contribution in [-0.2, 0) is 55.1 Å². The number of ether oxygens (including phenoxy) is 6. The van der Waals surface area contributed by atoms with Gasteiger partial charge >= 0.3 is 23.9 Å². The van der Waals surface area contributed by atoms with Crippen molar-refractivity contribution < 1.29 is 52.7 Å². The smallest absolute Gasteiger partial charge is 0.303 e. The minimum Gasteiger partial charge on any atom is -0.497 e. The quantitative estimate of drug-likeness (QED) is 0.236. The lowest BCUT2D eigenvalue weighted by atomic mass is 9.85. The zero-order chi connectivity index (χ0) is 31.9. The Bertz CT molecular complexity index is 1400. The van der Waals surface area contributed by atoms with E-state index in [0.717, 1.165) is 33.3 Å². The predicted octanol–water partition coefficient (Wildman–Crippen LogP) is 2.78. The van der Waals surface area contributed by atoms with Gasteiger partial charge in [-0.05, 0) is 48.1 Å². The predicted molar refractivity (Wildman–Crippen MR) is 151 cm³/mol. The van der Waals surface area contributed by atoms with E-state index >= 15 is 0 Å². The fourth-order valence-corrected chi connectivity index (χ4v) is 5.45. The summed E-state index contributed by atoms with van der Waals surface area (Å²) in [6.07, 6.45) is -4.18. The summed E-state index contributed by atoms with van der Waals surface area (Å²) < 4.78 is 32.9. The van der Waals surface area contributed by atoms with Crippen molar-refractivity contribution in [3.8, 4) is 11.8 Å². The van der Waals surface area contributed by atoms with Crippen molar-refractivity contribution in [1.29, 1.82) is 5.26 Å². The molecule has 0 aliphatic carbocycles. The molecule has 1 fully saturated rings. The van der Waals surface area contributed by atoms with Crippen LogP contribution in [0.1, 0.15) is 49.9 Å². The highest BCUT2D eigenvalue weighted by Gasteiger charge is 2.61. The molecule has 2 aromatic carbocycles. The normalized spacial score (nSPS) is 22.9. The molecule has 230 valence electrons. The number of nitrogens with zero attached hydrogens (tertiary/aromatic N) is 1. The van der Waals surface area contributed by atoms with Crippen LogP contribution in [0, 0.1) is 11.3 Å². The molecular formula is C30H33NO11S. The summed E-state index contributed by atoms with van der Waals surface area (Å²) in [6.45, 7) is 3.92. The van der Waals surface area contributed by atoms with Gasteiger partial charge in [-0.15, -0.1) is 11.8 Å². The Morgan fingerprint density at radius 1 is 0.953 bits per heavy atom. The Morgan fingerprint density at radius 3 is 2.07 bits per heavy atom. The lowest BCUT2D eigenvalue weighted by Crippen LogP contribution is -2.66. The van der Waals surface area contributed by atoms with Crippen molar-refractivity contribution in [2.24, 2.45) is 0 Å². The van der Waals surface area contributed by atoms with E-state index in [1.165, 1.54) is 11.8 Å². The van der Waals surface area contributed by atoms with Crippen LogP contribution in [0.15, 0.2) is 41.3 Å². The highest BCUT2D eigenvalue weighted by atomic mass is 32.2. The summed E-state index contributed by atoms with van der Waals surface area (Å²) in [7, 11) is 1.55. The Kier molecular flexibility index (Phi) is 11.2. The molecule has 0 aromatic heterocycles. The Balaban J connectivity index is 2.26. The molecule has 1 aliphatic rings. The first-order valence-corrected chi connectivity index (χ1v) is 14.3. The van der Waals surface area contributed by atoms with E-state index in [1.54, 1.807) is 37.6 Å². The molecule has 1 aliphatic heterocycles. The maximum absolute atomic E-state index is 12.4. The van der Waals surface area contributed by atoms with Crippen LogP contribution in [0.4, 0.5) is 0 Å². The largest absolute Gasteiger partial charge is 0.497 e. The molecule has 13 heteroatoms. The third-order valence-electron chi connectivity index (χ3n) is 6.54.